The van der Waals surface area contributed by atoms with E-state index in [2.05, 4.69) is 39.7 Å². The summed E-state index contributed by atoms with van der Waals surface area (Å²) < 4.78 is 2.56. The number of pyridine rings is 1. The Hall–Kier alpha value is -1.88. The maximum atomic E-state index is 13.1. The van der Waals surface area contributed by atoms with Crippen LogP contribution in [0.25, 0.3) is 0 Å². The first-order valence-corrected chi connectivity index (χ1v) is 10.9. The average molecular weight is 447 g/mol. The summed E-state index contributed by atoms with van der Waals surface area (Å²) in [5.74, 6) is -0.338. The molecular formula is C23H31BrN2O2. The molecule has 1 amide bonds. The molecule has 0 aliphatic rings. The number of aromatic nitrogens is 1. The molecule has 0 bridgehead atoms. The van der Waals surface area contributed by atoms with Crippen LogP contribution in [0.3, 0.4) is 0 Å². The summed E-state index contributed by atoms with van der Waals surface area (Å²) >= 11 is 3.42. The molecule has 0 fully saturated rings. The van der Waals surface area contributed by atoms with Gasteiger partial charge in [-0.05, 0) is 60.7 Å². The predicted molar refractivity (Wildman–Crippen MR) is 121 cm³/mol. The van der Waals surface area contributed by atoms with Gasteiger partial charge in [0.15, 0.2) is 0 Å². The molecule has 0 saturated carbocycles. The van der Waals surface area contributed by atoms with Crippen molar-refractivity contribution in [1.29, 1.82) is 0 Å². The molecular weight excluding hydrogens is 416 g/mol. The van der Waals surface area contributed by atoms with Gasteiger partial charge in [-0.1, -0.05) is 51.3 Å². The van der Waals surface area contributed by atoms with Crippen molar-refractivity contribution in [3.63, 3.8) is 0 Å². The minimum absolute atomic E-state index is 0.221. The van der Waals surface area contributed by atoms with Crippen molar-refractivity contribution >= 4 is 27.5 Å². The van der Waals surface area contributed by atoms with Gasteiger partial charge in [0, 0.05) is 23.6 Å². The predicted octanol–water partition coefficient (Wildman–Crippen LogP) is 5.93. The maximum Gasteiger partial charge on any atom is 0.261 e. The zero-order valence-electron chi connectivity index (χ0n) is 17.6. The summed E-state index contributed by atoms with van der Waals surface area (Å²) in [4.78, 5) is 26.0. The van der Waals surface area contributed by atoms with Gasteiger partial charge in [-0.2, -0.15) is 0 Å². The van der Waals surface area contributed by atoms with Crippen molar-refractivity contribution < 1.29 is 4.79 Å². The minimum atomic E-state index is -0.338. The molecule has 2 aromatic rings. The van der Waals surface area contributed by atoms with E-state index < -0.39 is 0 Å². The van der Waals surface area contributed by atoms with E-state index in [9.17, 15) is 9.59 Å². The molecule has 2 rings (SSSR count). The fraction of sp³-hybridized carbons (Fsp3) is 0.478. The first-order chi connectivity index (χ1) is 13.3. The standard InChI is InChI=1S/C23H31BrN2O2/c1-6-8-9-10-14-26-16(4)19(22(27)20(24)17(26)5)23(28)25-21-15(3)12-11-13-18(21)7-2/h11-13H,6-10,14H2,1-5H3,(H,25,28). The topological polar surface area (TPSA) is 51.1 Å². The lowest BCUT2D eigenvalue weighted by Crippen LogP contribution is -2.29. The number of benzene rings is 1. The highest BCUT2D eigenvalue weighted by Gasteiger charge is 2.22. The minimum Gasteiger partial charge on any atom is -0.347 e. The van der Waals surface area contributed by atoms with Gasteiger partial charge in [-0.25, -0.2) is 0 Å². The number of rotatable bonds is 8. The summed E-state index contributed by atoms with van der Waals surface area (Å²) in [5.41, 5.74) is 4.45. The molecule has 1 heterocycles. The Labute approximate surface area is 176 Å². The van der Waals surface area contributed by atoms with Crippen molar-refractivity contribution in [2.45, 2.75) is 73.3 Å². The highest BCUT2D eigenvalue weighted by atomic mass is 79.9. The Morgan fingerprint density at radius 3 is 2.43 bits per heavy atom. The van der Waals surface area contributed by atoms with E-state index in [4.69, 9.17) is 0 Å². The second-order valence-electron chi connectivity index (χ2n) is 7.32. The van der Waals surface area contributed by atoms with Crippen LogP contribution in [-0.4, -0.2) is 10.5 Å². The van der Waals surface area contributed by atoms with Crippen LogP contribution in [0.1, 0.15) is 72.4 Å². The molecule has 152 valence electrons. The second kappa shape index (κ2) is 10.1. The fourth-order valence-electron chi connectivity index (χ4n) is 3.62. The number of carbonyl (C=O) groups is 1. The second-order valence-corrected chi connectivity index (χ2v) is 8.11. The number of unbranched alkanes of at least 4 members (excludes halogenated alkanes) is 3. The summed E-state index contributed by atoms with van der Waals surface area (Å²) in [6, 6.07) is 5.96. The van der Waals surface area contributed by atoms with Crippen molar-refractivity contribution in [1.82, 2.24) is 4.57 Å². The van der Waals surface area contributed by atoms with Crippen molar-refractivity contribution in [3.05, 3.63) is 61.0 Å². The van der Waals surface area contributed by atoms with Crippen molar-refractivity contribution in [3.8, 4) is 0 Å². The quantitative estimate of drug-likeness (QED) is 0.510. The largest absolute Gasteiger partial charge is 0.347 e. The van der Waals surface area contributed by atoms with Gasteiger partial charge in [0.05, 0.1) is 4.47 Å². The number of halogens is 1. The van der Waals surface area contributed by atoms with Crippen LogP contribution in [0.5, 0.6) is 0 Å². The van der Waals surface area contributed by atoms with E-state index in [1.54, 1.807) is 0 Å². The van der Waals surface area contributed by atoms with Crippen molar-refractivity contribution in [2.75, 3.05) is 5.32 Å². The van der Waals surface area contributed by atoms with Crippen LogP contribution in [0.2, 0.25) is 0 Å². The van der Waals surface area contributed by atoms with E-state index in [0.29, 0.717) is 4.47 Å². The number of aryl methyl sites for hydroxylation is 2. The zero-order chi connectivity index (χ0) is 20.8. The van der Waals surface area contributed by atoms with Gasteiger partial charge in [-0.3, -0.25) is 9.59 Å². The normalized spacial score (nSPS) is 10.9. The molecule has 0 spiro atoms. The number of nitrogens with zero attached hydrogens (tertiary/aromatic N) is 1. The van der Waals surface area contributed by atoms with E-state index >= 15 is 0 Å². The Morgan fingerprint density at radius 2 is 1.79 bits per heavy atom. The van der Waals surface area contributed by atoms with Gasteiger partial charge < -0.3 is 9.88 Å². The van der Waals surface area contributed by atoms with Gasteiger partial charge in [-0.15, -0.1) is 0 Å². The molecule has 1 aromatic carbocycles. The molecule has 28 heavy (non-hydrogen) atoms. The lowest BCUT2D eigenvalue weighted by molar-refractivity contribution is 0.102. The Bertz CT molecular complexity index is 916. The first kappa shape index (κ1) is 22.4. The van der Waals surface area contributed by atoms with E-state index in [1.165, 1.54) is 12.8 Å². The van der Waals surface area contributed by atoms with Gasteiger partial charge >= 0.3 is 0 Å². The maximum absolute atomic E-state index is 13.1. The smallest absolute Gasteiger partial charge is 0.261 e. The van der Waals surface area contributed by atoms with Crippen LogP contribution in [-0.2, 0) is 13.0 Å². The lowest BCUT2D eigenvalue weighted by atomic mass is 10.0. The molecule has 0 saturated heterocycles. The SMILES string of the molecule is CCCCCCn1c(C)c(Br)c(=O)c(C(=O)Nc2c(C)cccc2CC)c1C. The molecule has 0 radical (unpaired) electrons. The highest BCUT2D eigenvalue weighted by Crippen LogP contribution is 2.23. The van der Waals surface area contributed by atoms with E-state index in [1.807, 2.05) is 39.0 Å². The highest BCUT2D eigenvalue weighted by molar-refractivity contribution is 9.10. The zero-order valence-corrected chi connectivity index (χ0v) is 19.2. The van der Waals surface area contributed by atoms with Gasteiger partial charge in [0.25, 0.3) is 5.91 Å². The van der Waals surface area contributed by atoms with Crippen LogP contribution in [0, 0.1) is 20.8 Å². The first-order valence-electron chi connectivity index (χ1n) is 10.1. The van der Waals surface area contributed by atoms with Crippen molar-refractivity contribution in [2.24, 2.45) is 0 Å². The summed E-state index contributed by atoms with van der Waals surface area (Å²) in [7, 11) is 0. The number of nitrogens with one attached hydrogen (secondary N) is 1. The number of carbonyl (C=O) groups excluding carboxylic acids is 1. The van der Waals surface area contributed by atoms with Gasteiger partial charge in [0.1, 0.15) is 5.56 Å². The third-order valence-electron chi connectivity index (χ3n) is 5.36. The lowest BCUT2D eigenvalue weighted by Gasteiger charge is -2.20. The number of anilines is 1. The third-order valence-corrected chi connectivity index (χ3v) is 6.29. The van der Waals surface area contributed by atoms with E-state index in [0.717, 1.165) is 54.0 Å². The molecule has 1 N–H and O–H groups in total. The van der Waals surface area contributed by atoms with E-state index in [-0.39, 0.29) is 16.9 Å². The number of amides is 1. The number of para-hydroxylation sites is 1. The Kier molecular flexibility index (Phi) is 8.05. The Morgan fingerprint density at radius 1 is 1.07 bits per heavy atom. The summed E-state index contributed by atoms with van der Waals surface area (Å²) in [6.07, 6.45) is 5.36. The Balaban J connectivity index is 2.43. The molecule has 5 heteroatoms. The molecule has 0 unspecified atom stereocenters. The van der Waals surface area contributed by atoms with Crippen LogP contribution < -0.4 is 10.7 Å². The third kappa shape index (κ3) is 4.75. The van der Waals surface area contributed by atoms with Crippen LogP contribution in [0.15, 0.2) is 27.5 Å². The monoisotopic (exact) mass is 446 g/mol. The molecule has 4 nitrogen and oxygen atoms in total. The average Bonchev–Trinajstić information content (AvgIpc) is 2.67. The molecule has 0 atom stereocenters. The molecule has 0 aliphatic heterocycles. The molecule has 0 aliphatic carbocycles. The summed E-state index contributed by atoms with van der Waals surface area (Å²) in [5, 5.41) is 3.00. The fourth-order valence-corrected chi connectivity index (χ4v) is 4.03. The van der Waals surface area contributed by atoms with Crippen LogP contribution in [0.4, 0.5) is 5.69 Å². The van der Waals surface area contributed by atoms with Crippen LogP contribution >= 0.6 is 15.9 Å². The number of hydrogen-bond acceptors (Lipinski definition) is 2. The number of hydrogen-bond donors (Lipinski definition) is 1. The van der Waals surface area contributed by atoms with Gasteiger partial charge in [0.2, 0.25) is 5.43 Å². The molecule has 1 aromatic heterocycles. The summed E-state index contributed by atoms with van der Waals surface area (Å²) in [6.45, 7) is 10.8.